The molecule has 2 heterocycles. The second-order valence-electron chi connectivity index (χ2n) is 12.6. The number of carbonyl (C=O) groups is 3. The number of nitrogens with one attached hydrogen (secondary N) is 6. The largest absolute Gasteiger partial charge is 0.508 e. The molecular weight excluding hydrogens is 666 g/mol. The molecule has 272 valence electrons. The minimum absolute atomic E-state index is 0.0318. The molecule has 5 rings (SSSR count). The maximum absolute atomic E-state index is 14.4. The quantitative estimate of drug-likeness (QED) is 0.0410. The number of phenols is 1. The molecule has 52 heavy (non-hydrogen) atoms. The number of nitrogens with zero attached hydrogens (tertiary/aromatic N) is 2. The van der Waals surface area contributed by atoms with E-state index in [9.17, 15) is 24.6 Å². The van der Waals surface area contributed by atoms with E-state index >= 15 is 0 Å². The normalized spacial score (nSPS) is 12.8. The molecule has 15 heteroatoms. The Morgan fingerprint density at radius 1 is 0.942 bits per heavy atom. The number of aromatic hydroxyl groups is 1. The van der Waals surface area contributed by atoms with Crippen molar-refractivity contribution in [1.29, 1.82) is 5.41 Å². The fraction of sp³-hybridized carbons (Fsp3) is 0.297. The summed E-state index contributed by atoms with van der Waals surface area (Å²) >= 11 is 0. The van der Waals surface area contributed by atoms with E-state index in [0.29, 0.717) is 29.8 Å². The Bertz CT molecular complexity index is 2000. The van der Waals surface area contributed by atoms with Gasteiger partial charge >= 0.3 is 6.09 Å². The number of benzene rings is 3. The summed E-state index contributed by atoms with van der Waals surface area (Å²) in [5, 5.41) is 42.8. The van der Waals surface area contributed by atoms with Crippen molar-refractivity contribution < 1.29 is 29.1 Å². The SMILES string of the molecule is Cc1cc(O)cc(C)c1C[C@H](NC(=O)[C@@H](CCCNC(=N)N)NC(=O)O)C(=O)N[C@@H](Cc1c[nH]c2ccccc12)c1nc(Cc2ccccc2)no1. The van der Waals surface area contributed by atoms with Crippen molar-refractivity contribution in [3.05, 3.63) is 112 Å². The molecule has 0 bridgehead atoms. The van der Waals surface area contributed by atoms with Crippen molar-refractivity contribution in [3.8, 4) is 5.75 Å². The van der Waals surface area contributed by atoms with Gasteiger partial charge in [0.05, 0.1) is 0 Å². The predicted molar refractivity (Wildman–Crippen MR) is 194 cm³/mol. The van der Waals surface area contributed by atoms with E-state index in [0.717, 1.165) is 27.6 Å². The number of rotatable bonds is 16. The lowest BCUT2D eigenvalue weighted by Crippen LogP contribution is -2.55. The van der Waals surface area contributed by atoms with Crippen LogP contribution in [-0.2, 0) is 28.9 Å². The molecule has 0 unspecified atom stereocenters. The van der Waals surface area contributed by atoms with Crippen LogP contribution in [0.5, 0.6) is 5.75 Å². The van der Waals surface area contributed by atoms with Crippen LogP contribution in [0.15, 0.2) is 77.4 Å². The van der Waals surface area contributed by atoms with Crippen LogP contribution in [0.3, 0.4) is 0 Å². The molecule has 15 nitrogen and oxygen atoms in total. The van der Waals surface area contributed by atoms with Gasteiger partial charge in [0.1, 0.15) is 23.9 Å². The summed E-state index contributed by atoms with van der Waals surface area (Å²) in [7, 11) is 0. The Morgan fingerprint density at radius 3 is 2.35 bits per heavy atom. The minimum atomic E-state index is -1.41. The molecule has 2 aromatic heterocycles. The number of carboxylic acid groups (broad SMARTS) is 1. The number of nitrogens with two attached hydrogens (primary N) is 1. The smallest absolute Gasteiger partial charge is 0.405 e. The van der Waals surface area contributed by atoms with Crippen LogP contribution < -0.4 is 27.0 Å². The first-order valence-electron chi connectivity index (χ1n) is 16.9. The van der Waals surface area contributed by atoms with Gasteiger partial charge in [0.15, 0.2) is 11.8 Å². The molecule has 3 amide bonds. The molecule has 0 aliphatic carbocycles. The Labute approximate surface area is 299 Å². The summed E-state index contributed by atoms with van der Waals surface area (Å²) in [5.74, 6) is -0.860. The first-order valence-corrected chi connectivity index (χ1v) is 16.9. The number of aromatic nitrogens is 3. The van der Waals surface area contributed by atoms with Gasteiger partial charge in [-0.3, -0.25) is 15.0 Å². The van der Waals surface area contributed by atoms with Crippen LogP contribution in [-0.4, -0.2) is 67.8 Å². The van der Waals surface area contributed by atoms with Gasteiger partial charge in [-0.15, -0.1) is 0 Å². The summed E-state index contributed by atoms with van der Waals surface area (Å²) in [5.41, 5.74) is 10.3. The number of guanidine groups is 1. The van der Waals surface area contributed by atoms with Gasteiger partial charge in [-0.2, -0.15) is 4.98 Å². The van der Waals surface area contributed by atoms with Crippen LogP contribution in [0.4, 0.5) is 4.79 Å². The summed E-state index contributed by atoms with van der Waals surface area (Å²) in [6.45, 7) is 3.83. The summed E-state index contributed by atoms with van der Waals surface area (Å²) in [6.07, 6.45) is 1.54. The number of carbonyl (C=O) groups excluding carboxylic acids is 2. The maximum Gasteiger partial charge on any atom is 0.405 e. The van der Waals surface area contributed by atoms with Crippen LogP contribution >= 0.6 is 0 Å². The number of hydrogen-bond acceptors (Lipinski definition) is 8. The zero-order chi connectivity index (χ0) is 37.2. The van der Waals surface area contributed by atoms with Crippen molar-refractivity contribution in [2.24, 2.45) is 5.73 Å². The summed E-state index contributed by atoms with van der Waals surface area (Å²) in [6, 6.07) is 17.4. The van der Waals surface area contributed by atoms with E-state index < -0.39 is 36.0 Å². The van der Waals surface area contributed by atoms with Crippen molar-refractivity contribution in [3.63, 3.8) is 0 Å². The molecule has 0 saturated carbocycles. The third-order valence-corrected chi connectivity index (χ3v) is 8.72. The second kappa shape index (κ2) is 17.0. The van der Waals surface area contributed by atoms with E-state index in [-0.39, 0.29) is 43.4 Å². The fourth-order valence-electron chi connectivity index (χ4n) is 6.18. The molecular formula is C37H43N9O6. The first kappa shape index (κ1) is 36.9. The number of fused-ring (bicyclic) bond motifs is 1. The molecule has 3 aromatic carbocycles. The number of amides is 3. The van der Waals surface area contributed by atoms with E-state index in [1.54, 1.807) is 26.0 Å². The van der Waals surface area contributed by atoms with Gasteiger partial charge in [0.25, 0.3) is 0 Å². The van der Waals surface area contributed by atoms with Gasteiger partial charge in [0, 0.05) is 42.9 Å². The van der Waals surface area contributed by atoms with E-state index in [1.165, 1.54) is 0 Å². The fourth-order valence-corrected chi connectivity index (χ4v) is 6.18. The number of H-pyrrole nitrogens is 1. The Hall–Kier alpha value is -6.38. The molecule has 5 aromatic rings. The molecule has 10 N–H and O–H groups in total. The van der Waals surface area contributed by atoms with Gasteiger partial charge in [-0.25, -0.2) is 4.79 Å². The molecule has 0 aliphatic rings. The molecule has 3 atom stereocenters. The van der Waals surface area contributed by atoms with Crippen LogP contribution in [0, 0.1) is 19.3 Å². The highest BCUT2D eigenvalue weighted by atomic mass is 16.5. The van der Waals surface area contributed by atoms with E-state index in [4.69, 9.17) is 15.7 Å². The van der Waals surface area contributed by atoms with Crippen LogP contribution in [0.1, 0.15) is 58.4 Å². The van der Waals surface area contributed by atoms with Crippen molar-refractivity contribution in [2.45, 2.75) is 64.1 Å². The lowest BCUT2D eigenvalue weighted by atomic mass is 9.95. The Balaban J connectivity index is 1.45. The zero-order valence-electron chi connectivity index (χ0n) is 28.9. The number of hydrogen-bond donors (Lipinski definition) is 9. The monoisotopic (exact) mass is 709 g/mol. The highest BCUT2D eigenvalue weighted by Crippen LogP contribution is 2.26. The lowest BCUT2D eigenvalue weighted by Gasteiger charge is -2.25. The predicted octanol–water partition coefficient (Wildman–Crippen LogP) is 3.49. The van der Waals surface area contributed by atoms with Crippen LogP contribution in [0.25, 0.3) is 10.9 Å². The standard InChI is InChI=1S/C37H43N9O6/c1-21-15-25(47)16-22(2)27(21)19-30(42-33(48)29(44-37(50)51)13-8-14-40-36(38)39)34(49)43-31(18-24-20-41-28-12-7-6-11-26(24)28)35-45-32(46-52-35)17-23-9-4-3-5-10-23/h3-7,9-12,15-16,20,29-31,41,44,47H,8,13-14,17-19H2,1-2H3,(H,42,48)(H,43,49)(H,50,51)(H4,38,39,40)/t29-,30+,31+/m1/s1. The summed E-state index contributed by atoms with van der Waals surface area (Å²) < 4.78 is 5.74. The summed E-state index contributed by atoms with van der Waals surface area (Å²) in [4.78, 5) is 47.6. The molecule has 0 aliphatic heterocycles. The average Bonchev–Trinajstić information content (AvgIpc) is 3.74. The highest BCUT2D eigenvalue weighted by molar-refractivity contribution is 5.91. The third kappa shape index (κ3) is 9.87. The third-order valence-electron chi connectivity index (χ3n) is 8.72. The second-order valence-corrected chi connectivity index (χ2v) is 12.6. The number of aromatic amines is 1. The topological polar surface area (TPSA) is 244 Å². The molecule has 0 fully saturated rings. The lowest BCUT2D eigenvalue weighted by molar-refractivity contribution is -0.130. The van der Waals surface area contributed by atoms with Crippen molar-refractivity contribution in [1.82, 2.24) is 36.4 Å². The highest BCUT2D eigenvalue weighted by Gasteiger charge is 2.31. The Kier molecular flexibility index (Phi) is 12.1. The van der Waals surface area contributed by atoms with E-state index in [2.05, 4.69) is 36.4 Å². The van der Waals surface area contributed by atoms with Crippen molar-refractivity contribution in [2.75, 3.05) is 6.54 Å². The van der Waals surface area contributed by atoms with Gasteiger partial charge in [-0.1, -0.05) is 53.7 Å². The minimum Gasteiger partial charge on any atom is -0.508 e. The number of para-hydroxylation sites is 1. The van der Waals surface area contributed by atoms with Gasteiger partial charge in [-0.05, 0) is 72.7 Å². The van der Waals surface area contributed by atoms with Gasteiger partial charge in [0.2, 0.25) is 17.7 Å². The molecule has 0 spiro atoms. The number of phenolic OH excluding ortho intramolecular Hbond substituents is 1. The first-order chi connectivity index (χ1) is 25.0. The Morgan fingerprint density at radius 2 is 1.63 bits per heavy atom. The van der Waals surface area contributed by atoms with E-state index in [1.807, 2.05) is 60.8 Å². The molecule has 0 radical (unpaired) electrons. The number of aryl methyl sites for hydroxylation is 2. The van der Waals surface area contributed by atoms with Crippen LogP contribution in [0.2, 0.25) is 0 Å². The average molecular weight is 710 g/mol. The van der Waals surface area contributed by atoms with Crippen molar-refractivity contribution >= 4 is 34.8 Å². The zero-order valence-corrected chi connectivity index (χ0v) is 28.9. The van der Waals surface area contributed by atoms with Gasteiger partial charge < -0.3 is 46.7 Å². The maximum atomic E-state index is 14.4. The molecule has 0 saturated heterocycles.